The van der Waals surface area contributed by atoms with E-state index in [0.717, 1.165) is 25.9 Å². The van der Waals surface area contributed by atoms with Crippen molar-refractivity contribution in [3.63, 3.8) is 0 Å². The molecule has 0 spiro atoms. The van der Waals surface area contributed by atoms with E-state index in [1.807, 2.05) is 0 Å². The fourth-order valence-corrected chi connectivity index (χ4v) is 2.72. The van der Waals surface area contributed by atoms with Crippen LogP contribution < -0.4 is 0 Å². The average molecular weight is 257 g/mol. The van der Waals surface area contributed by atoms with Crippen LogP contribution in [0.1, 0.15) is 19.8 Å². The van der Waals surface area contributed by atoms with Crippen LogP contribution in [-0.4, -0.2) is 58.9 Å². The van der Waals surface area contributed by atoms with Gasteiger partial charge in [-0.05, 0) is 38.8 Å². The number of nitrogens with zero attached hydrogens (tertiary/aromatic N) is 1. The number of hydrogen-bond donors (Lipinski definition) is 2. The zero-order chi connectivity index (χ0) is 13.3. The summed E-state index contributed by atoms with van der Waals surface area (Å²) < 4.78 is 5.01. The second kappa shape index (κ2) is 5.24. The largest absolute Gasteiger partial charge is 0.481 e. The van der Waals surface area contributed by atoms with E-state index in [1.54, 1.807) is 0 Å². The lowest BCUT2D eigenvalue weighted by atomic mass is 9.81. The van der Waals surface area contributed by atoms with Crippen molar-refractivity contribution in [2.24, 2.45) is 11.8 Å². The highest BCUT2D eigenvalue weighted by Crippen LogP contribution is 2.32. The maximum absolute atomic E-state index is 11.4. The lowest BCUT2D eigenvalue weighted by Crippen LogP contribution is -2.59. The van der Waals surface area contributed by atoms with E-state index in [-0.39, 0.29) is 18.6 Å². The number of piperidine rings is 3. The summed E-state index contributed by atoms with van der Waals surface area (Å²) in [4.78, 5) is 24.2. The highest BCUT2D eigenvalue weighted by atomic mass is 16.5. The summed E-state index contributed by atoms with van der Waals surface area (Å²) in [5.41, 5.74) is 0. The van der Waals surface area contributed by atoms with Crippen LogP contribution in [0.5, 0.6) is 0 Å². The summed E-state index contributed by atoms with van der Waals surface area (Å²) >= 11 is 0. The van der Waals surface area contributed by atoms with Gasteiger partial charge in [-0.15, -0.1) is 0 Å². The summed E-state index contributed by atoms with van der Waals surface area (Å²) in [6.45, 7) is 3.21. The molecule has 6 nitrogen and oxygen atoms in total. The van der Waals surface area contributed by atoms with Gasteiger partial charge in [0.2, 0.25) is 0 Å². The minimum atomic E-state index is -1.19. The van der Waals surface area contributed by atoms with Crippen LogP contribution in [0.3, 0.4) is 0 Å². The molecule has 0 amide bonds. The summed E-state index contributed by atoms with van der Waals surface area (Å²) in [6, 6.07) is -0.178. The number of rotatable bonds is 4. The lowest BCUT2D eigenvalue weighted by Gasteiger charge is -2.48. The van der Waals surface area contributed by atoms with E-state index in [0.29, 0.717) is 0 Å². The first kappa shape index (κ1) is 13.3. The Balaban J connectivity index is 1.87. The number of esters is 1. The first-order chi connectivity index (χ1) is 8.50. The van der Waals surface area contributed by atoms with E-state index >= 15 is 0 Å². The second-order valence-electron chi connectivity index (χ2n) is 5.12. The van der Waals surface area contributed by atoms with E-state index in [2.05, 4.69) is 4.90 Å². The molecule has 102 valence electrons. The Morgan fingerprint density at radius 2 is 2.00 bits per heavy atom. The Hall–Kier alpha value is -1.14. The smallest absolute Gasteiger partial charge is 0.320 e. The van der Waals surface area contributed by atoms with Crippen LogP contribution in [0.4, 0.5) is 0 Å². The third kappa shape index (κ3) is 2.49. The summed E-state index contributed by atoms with van der Waals surface area (Å²) in [5.74, 6) is -2.79. The molecule has 3 heterocycles. The van der Waals surface area contributed by atoms with Crippen molar-refractivity contribution in [2.75, 3.05) is 19.7 Å². The van der Waals surface area contributed by atoms with Crippen molar-refractivity contribution in [1.82, 2.24) is 4.90 Å². The standard InChI is InChI=1S/C12H19NO5/c1-7(11(15)16)12(17)18-6-9-10(14)8-2-4-13(9)5-3-8/h7-10,14H,2-6H2,1H3,(H,15,16). The lowest BCUT2D eigenvalue weighted by molar-refractivity contribution is -0.162. The number of carboxylic acid groups (broad SMARTS) is 1. The van der Waals surface area contributed by atoms with Gasteiger partial charge in [-0.2, -0.15) is 0 Å². The summed E-state index contributed by atoms with van der Waals surface area (Å²) in [7, 11) is 0. The van der Waals surface area contributed by atoms with Gasteiger partial charge in [0, 0.05) is 0 Å². The number of carbonyl (C=O) groups excluding carboxylic acids is 1. The van der Waals surface area contributed by atoms with E-state index in [1.165, 1.54) is 6.92 Å². The number of aliphatic hydroxyl groups excluding tert-OH is 1. The predicted octanol–water partition coefficient (Wildman–Crippen LogP) is -0.295. The second-order valence-corrected chi connectivity index (χ2v) is 5.12. The Morgan fingerprint density at radius 3 is 2.50 bits per heavy atom. The molecule has 3 saturated heterocycles. The monoisotopic (exact) mass is 257 g/mol. The van der Waals surface area contributed by atoms with Crippen molar-refractivity contribution >= 4 is 11.9 Å². The molecule has 3 aliphatic rings. The van der Waals surface area contributed by atoms with Gasteiger partial charge in [-0.1, -0.05) is 0 Å². The van der Waals surface area contributed by atoms with Gasteiger partial charge < -0.3 is 14.9 Å². The first-order valence-electron chi connectivity index (χ1n) is 6.32. The molecule has 0 aliphatic carbocycles. The Bertz CT molecular complexity index is 335. The molecule has 0 radical (unpaired) electrons. The molecule has 0 aromatic carbocycles. The van der Waals surface area contributed by atoms with Gasteiger partial charge in [0.25, 0.3) is 0 Å². The number of hydrogen-bond acceptors (Lipinski definition) is 5. The van der Waals surface area contributed by atoms with Crippen LogP contribution >= 0.6 is 0 Å². The number of fused-ring (bicyclic) bond motifs is 3. The van der Waals surface area contributed by atoms with Gasteiger partial charge in [-0.3, -0.25) is 14.5 Å². The average Bonchev–Trinajstić information content (AvgIpc) is 2.37. The Labute approximate surface area is 106 Å². The maximum Gasteiger partial charge on any atom is 0.320 e. The van der Waals surface area contributed by atoms with E-state index in [9.17, 15) is 14.7 Å². The quantitative estimate of drug-likeness (QED) is 0.531. The van der Waals surface area contributed by atoms with Gasteiger partial charge in [-0.25, -0.2) is 0 Å². The Morgan fingerprint density at radius 1 is 1.39 bits per heavy atom. The molecule has 0 aromatic rings. The third-order valence-electron chi connectivity index (χ3n) is 4.04. The number of aliphatic hydroxyl groups is 1. The molecule has 0 saturated carbocycles. The number of carbonyl (C=O) groups is 2. The van der Waals surface area contributed by atoms with Crippen LogP contribution in [0.25, 0.3) is 0 Å². The highest BCUT2D eigenvalue weighted by molar-refractivity contribution is 5.93. The zero-order valence-corrected chi connectivity index (χ0v) is 10.4. The fraction of sp³-hybridized carbons (Fsp3) is 0.833. The van der Waals surface area contributed by atoms with Gasteiger partial charge in [0.15, 0.2) is 5.92 Å². The van der Waals surface area contributed by atoms with Gasteiger partial charge in [0.05, 0.1) is 12.1 Å². The van der Waals surface area contributed by atoms with Crippen molar-refractivity contribution in [1.29, 1.82) is 0 Å². The number of ether oxygens (including phenoxy) is 1. The topological polar surface area (TPSA) is 87.1 Å². The van der Waals surface area contributed by atoms with Crippen LogP contribution in [0.15, 0.2) is 0 Å². The van der Waals surface area contributed by atoms with Gasteiger partial charge >= 0.3 is 11.9 Å². The normalized spacial score (nSPS) is 36.1. The molecule has 3 unspecified atom stereocenters. The van der Waals surface area contributed by atoms with Gasteiger partial charge in [0.1, 0.15) is 6.61 Å². The number of carboxylic acids is 1. The molecule has 3 aliphatic heterocycles. The van der Waals surface area contributed by atoms with Crippen LogP contribution in [-0.2, 0) is 14.3 Å². The maximum atomic E-state index is 11.4. The molecule has 2 bridgehead atoms. The zero-order valence-electron chi connectivity index (χ0n) is 10.4. The molecule has 6 heteroatoms. The molecule has 3 rings (SSSR count). The molecule has 2 N–H and O–H groups in total. The molecular weight excluding hydrogens is 238 g/mol. The Kier molecular flexibility index (Phi) is 3.87. The minimum absolute atomic E-state index is 0.0775. The van der Waals surface area contributed by atoms with Crippen molar-refractivity contribution in [3.8, 4) is 0 Å². The van der Waals surface area contributed by atoms with Crippen molar-refractivity contribution in [2.45, 2.75) is 31.9 Å². The summed E-state index contributed by atoms with van der Waals surface area (Å²) in [6.07, 6.45) is 1.49. The minimum Gasteiger partial charge on any atom is -0.481 e. The first-order valence-corrected chi connectivity index (χ1v) is 6.32. The SMILES string of the molecule is CC(C(=O)O)C(=O)OCC1C(O)C2CCN1CC2. The highest BCUT2D eigenvalue weighted by Gasteiger charge is 2.42. The molecule has 3 atom stereocenters. The van der Waals surface area contributed by atoms with Crippen LogP contribution in [0.2, 0.25) is 0 Å². The summed E-state index contributed by atoms with van der Waals surface area (Å²) in [5, 5.41) is 18.8. The van der Waals surface area contributed by atoms with Crippen molar-refractivity contribution < 1.29 is 24.5 Å². The molecule has 0 aromatic heterocycles. The predicted molar refractivity (Wildman–Crippen MR) is 61.9 cm³/mol. The third-order valence-corrected chi connectivity index (χ3v) is 4.04. The van der Waals surface area contributed by atoms with E-state index < -0.39 is 24.0 Å². The fourth-order valence-electron chi connectivity index (χ4n) is 2.72. The number of aliphatic carboxylic acids is 1. The molecule has 18 heavy (non-hydrogen) atoms. The molecule has 3 fully saturated rings. The van der Waals surface area contributed by atoms with Crippen LogP contribution in [0, 0.1) is 11.8 Å². The molecular formula is C12H19NO5. The van der Waals surface area contributed by atoms with E-state index in [4.69, 9.17) is 9.84 Å². The van der Waals surface area contributed by atoms with Crippen molar-refractivity contribution in [3.05, 3.63) is 0 Å².